The summed E-state index contributed by atoms with van der Waals surface area (Å²) < 4.78 is 0. The molecule has 3 aliphatic rings. The Labute approximate surface area is 190 Å². The fraction of sp³-hybridized carbons (Fsp3) is 0.500. The molecule has 2 aliphatic heterocycles. The highest BCUT2D eigenvalue weighted by molar-refractivity contribution is 7.99. The van der Waals surface area contributed by atoms with Gasteiger partial charge in [0, 0.05) is 34.5 Å². The Kier molecular flexibility index (Phi) is 6.24. The smallest absolute Gasteiger partial charge is 0.251 e. The van der Waals surface area contributed by atoms with Crippen LogP contribution in [0.25, 0.3) is 0 Å². The summed E-state index contributed by atoms with van der Waals surface area (Å²) in [7, 11) is 0. The van der Waals surface area contributed by atoms with E-state index in [2.05, 4.69) is 58.4 Å². The molecule has 1 saturated carbocycles. The summed E-state index contributed by atoms with van der Waals surface area (Å²) in [6, 6.07) is 15.3. The van der Waals surface area contributed by atoms with Crippen molar-refractivity contribution >= 4 is 29.0 Å². The summed E-state index contributed by atoms with van der Waals surface area (Å²) in [6.07, 6.45) is 7.72. The number of nitrogens with zero attached hydrogens (tertiary/aromatic N) is 2. The summed E-state index contributed by atoms with van der Waals surface area (Å²) >= 11 is 1.81. The molecule has 1 amide bonds. The number of likely N-dealkylation sites (tertiary alicyclic amines) is 1. The average molecular weight is 436 g/mol. The second kappa shape index (κ2) is 9.25. The van der Waals surface area contributed by atoms with E-state index in [-0.39, 0.29) is 5.91 Å². The van der Waals surface area contributed by atoms with Crippen molar-refractivity contribution in [1.29, 1.82) is 0 Å². The van der Waals surface area contributed by atoms with E-state index in [1.165, 1.54) is 72.8 Å². The molecule has 4 nitrogen and oxygen atoms in total. The van der Waals surface area contributed by atoms with Crippen LogP contribution in [-0.4, -0.2) is 43.0 Å². The van der Waals surface area contributed by atoms with Gasteiger partial charge >= 0.3 is 0 Å². The molecule has 2 heterocycles. The number of amides is 1. The number of nitrogens with one attached hydrogen (secondary N) is 1. The molecule has 5 rings (SSSR count). The van der Waals surface area contributed by atoms with Crippen LogP contribution in [0, 0.1) is 5.92 Å². The highest BCUT2D eigenvalue weighted by Gasteiger charge is 2.29. The first-order valence-corrected chi connectivity index (χ1v) is 12.7. The van der Waals surface area contributed by atoms with Gasteiger partial charge in [-0.1, -0.05) is 36.7 Å². The number of hydrogen-bond acceptors (Lipinski definition) is 4. The van der Waals surface area contributed by atoms with Gasteiger partial charge in [-0.05, 0) is 81.9 Å². The Bertz CT molecular complexity index is 934. The van der Waals surface area contributed by atoms with Gasteiger partial charge in [-0.3, -0.25) is 4.79 Å². The van der Waals surface area contributed by atoms with Crippen LogP contribution in [0.4, 0.5) is 11.4 Å². The third-order valence-corrected chi connectivity index (χ3v) is 8.14. The van der Waals surface area contributed by atoms with Gasteiger partial charge in [-0.2, -0.15) is 0 Å². The largest absolute Gasteiger partial charge is 0.352 e. The number of hydrogen-bond donors (Lipinski definition) is 1. The zero-order valence-corrected chi connectivity index (χ0v) is 19.3. The fourth-order valence-electron chi connectivity index (χ4n) is 5.37. The van der Waals surface area contributed by atoms with Gasteiger partial charge in [0.25, 0.3) is 5.91 Å². The van der Waals surface area contributed by atoms with Gasteiger partial charge in [0.15, 0.2) is 0 Å². The molecule has 1 saturated heterocycles. The van der Waals surface area contributed by atoms with Crippen LogP contribution in [-0.2, 0) is 0 Å². The van der Waals surface area contributed by atoms with Crippen LogP contribution in [0.3, 0.4) is 0 Å². The predicted molar refractivity (Wildman–Crippen MR) is 129 cm³/mol. The van der Waals surface area contributed by atoms with Crippen LogP contribution < -0.4 is 10.2 Å². The van der Waals surface area contributed by atoms with E-state index < -0.39 is 0 Å². The monoisotopic (exact) mass is 435 g/mol. The quantitative estimate of drug-likeness (QED) is 0.632. The van der Waals surface area contributed by atoms with Crippen molar-refractivity contribution in [2.24, 2.45) is 5.92 Å². The highest BCUT2D eigenvalue weighted by atomic mass is 32.2. The van der Waals surface area contributed by atoms with Crippen molar-refractivity contribution in [1.82, 2.24) is 10.2 Å². The summed E-state index contributed by atoms with van der Waals surface area (Å²) in [5.74, 6) is 0.715. The van der Waals surface area contributed by atoms with E-state index in [1.54, 1.807) is 0 Å². The minimum absolute atomic E-state index is 0.0608. The molecule has 0 spiro atoms. The van der Waals surface area contributed by atoms with Crippen molar-refractivity contribution in [2.75, 3.05) is 31.1 Å². The first kappa shape index (κ1) is 20.9. The lowest BCUT2D eigenvalue weighted by atomic mass is 10.1. The molecular formula is C26H33N3OS. The van der Waals surface area contributed by atoms with E-state index in [1.807, 2.05) is 17.8 Å². The molecule has 0 unspecified atom stereocenters. The van der Waals surface area contributed by atoms with Gasteiger partial charge in [0.05, 0.1) is 11.4 Å². The fourth-order valence-corrected chi connectivity index (χ4v) is 6.43. The van der Waals surface area contributed by atoms with Gasteiger partial charge in [-0.15, -0.1) is 0 Å². The van der Waals surface area contributed by atoms with E-state index in [0.29, 0.717) is 12.0 Å². The molecule has 0 radical (unpaired) electrons. The molecule has 31 heavy (non-hydrogen) atoms. The van der Waals surface area contributed by atoms with Crippen molar-refractivity contribution in [3.63, 3.8) is 0 Å². The van der Waals surface area contributed by atoms with Crippen LogP contribution in [0.1, 0.15) is 55.8 Å². The van der Waals surface area contributed by atoms with Crippen molar-refractivity contribution < 1.29 is 4.79 Å². The Morgan fingerprint density at radius 1 is 1.03 bits per heavy atom. The van der Waals surface area contributed by atoms with Gasteiger partial charge in [0.2, 0.25) is 0 Å². The lowest BCUT2D eigenvalue weighted by Gasteiger charge is -2.39. The summed E-state index contributed by atoms with van der Waals surface area (Å²) in [4.78, 5) is 20.5. The Hall–Kier alpha value is -1.98. The van der Waals surface area contributed by atoms with Gasteiger partial charge < -0.3 is 15.1 Å². The maximum absolute atomic E-state index is 12.9. The number of fused-ring (bicyclic) bond motifs is 2. The normalized spacial score (nSPS) is 19.8. The highest BCUT2D eigenvalue weighted by Crippen LogP contribution is 2.49. The Balaban J connectivity index is 1.41. The first-order valence-electron chi connectivity index (χ1n) is 11.9. The van der Waals surface area contributed by atoms with E-state index in [4.69, 9.17) is 0 Å². The third kappa shape index (κ3) is 4.49. The van der Waals surface area contributed by atoms with Crippen molar-refractivity contribution in [3.05, 3.63) is 48.0 Å². The zero-order chi connectivity index (χ0) is 21.2. The number of rotatable bonds is 6. The lowest BCUT2D eigenvalue weighted by molar-refractivity contribution is 0.0947. The number of carbonyl (C=O) groups excluding carboxylic acids is 1. The predicted octanol–water partition coefficient (Wildman–Crippen LogP) is 5.69. The minimum Gasteiger partial charge on any atom is -0.352 e. The molecule has 2 aromatic carbocycles. The second-order valence-electron chi connectivity index (χ2n) is 9.34. The standard InChI is InChI=1S/C26H33N3OS/c1-19(18-28-14-6-7-15-28)29-22-10-4-5-11-24(22)31-25-13-12-21(16-23(25)29)26(30)27-17-20-8-2-3-9-20/h4-5,10-13,16,19-20H,2-3,6-9,14-15,17-18H2,1H3,(H,27,30)/t19-/m1/s1. The van der Waals surface area contributed by atoms with Crippen molar-refractivity contribution in [2.45, 2.75) is 61.3 Å². The minimum atomic E-state index is 0.0608. The molecule has 0 bridgehead atoms. The summed E-state index contributed by atoms with van der Waals surface area (Å²) in [5.41, 5.74) is 3.20. The molecule has 0 aromatic heterocycles. The van der Waals surface area contributed by atoms with Crippen LogP contribution in [0.15, 0.2) is 52.3 Å². The summed E-state index contributed by atoms with van der Waals surface area (Å²) in [6.45, 7) is 6.58. The van der Waals surface area contributed by atoms with Crippen molar-refractivity contribution in [3.8, 4) is 0 Å². The lowest BCUT2D eigenvalue weighted by Crippen LogP contribution is -2.40. The maximum Gasteiger partial charge on any atom is 0.251 e. The van der Waals surface area contributed by atoms with Crippen LogP contribution in [0.5, 0.6) is 0 Å². The Morgan fingerprint density at radius 3 is 2.58 bits per heavy atom. The topological polar surface area (TPSA) is 35.6 Å². The molecule has 164 valence electrons. The van der Waals surface area contributed by atoms with Gasteiger partial charge in [-0.25, -0.2) is 0 Å². The number of anilines is 2. The molecule has 1 atom stereocenters. The van der Waals surface area contributed by atoms with Crippen LogP contribution >= 0.6 is 11.8 Å². The molecular weight excluding hydrogens is 402 g/mol. The maximum atomic E-state index is 12.9. The second-order valence-corrected chi connectivity index (χ2v) is 10.4. The van der Waals surface area contributed by atoms with E-state index >= 15 is 0 Å². The number of benzene rings is 2. The molecule has 1 N–H and O–H groups in total. The third-order valence-electron chi connectivity index (χ3n) is 7.01. The van der Waals surface area contributed by atoms with E-state index in [9.17, 15) is 4.79 Å². The Morgan fingerprint density at radius 2 is 1.77 bits per heavy atom. The SMILES string of the molecule is C[C@H](CN1CCCC1)N1c2ccccc2Sc2ccc(C(=O)NCC3CCCC3)cc21. The summed E-state index contributed by atoms with van der Waals surface area (Å²) in [5, 5.41) is 3.20. The average Bonchev–Trinajstić information content (AvgIpc) is 3.49. The molecule has 2 fully saturated rings. The van der Waals surface area contributed by atoms with E-state index in [0.717, 1.165) is 18.7 Å². The molecule has 1 aliphatic carbocycles. The molecule has 2 aromatic rings. The zero-order valence-electron chi connectivity index (χ0n) is 18.5. The van der Waals surface area contributed by atoms with Crippen LogP contribution in [0.2, 0.25) is 0 Å². The first-order chi connectivity index (χ1) is 15.2. The van der Waals surface area contributed by atoms with Gasteiger partial charge in [0.1, 0.15) is 0 Å². The number of carbonyl (C=O) groups is 1. The number of para-hydroxylation sites is 1. The molecule has 5 heteroatoms.